The predicted molar refractivity (Wildman–Crippen MR) is 104 cm³/mol. The molecule has 1 aromatic carbocycles. The molecule has 150 valence electrons. The van der Waals surface area contributed by atoms with Crippen LogP contribution in [0.2, 0.25) is 0 Å². The number of hydrogen-bond donors (Lipinski definition) is 2. The average molecular weight is 386 g/mol. The Hall–Kier alpha value is -2.90. The highest BCUT2D eigenvalue weighted by molar-refractivity contribution is 6.09. The predicted octanol–water partition coefficient (Wildman–Crippen LogP) is 1.42. The Morgan fingerprint density at radius 1 is 1.29 bits per heavy atom. The fraction of sp³-hybridized carbons (Fsp3) is 0.500. The third kappa shape index (κ3) is 3.72. The molecule has 0 spiro atoms. The van der Waals surface area contributed by atoms with Gasteiger partial charge in [-0.05, 0) is 56.7 Å². The maximum Gasteiger partial charge on any atom is 0.325 e. The summed E-state index contributed by atoms with van der Waals surface area (Å²) in [5, 5.41) is 5.50. The van der Waals surface area contributed by atoms with Crippen LogP contribution in [0.5, 0.6) is 0 Å². The lowest BCUT2D eigenvalue weighted by Crippen LogP contribution is -2.47. The molecule has 1 atom stereocenters. The Bertz CT molecular complexity index is 849. The van der Waals surface area contributed by atoms with Gasteiger partial charge in [0.15, 0.2) is 0 Å². The fourth-order valence-corrected chi connectivity index (χ4v) is 3.43. The molecular weight excluding hydrogens is 360 g/mol. The summed E-state index contributed by atoms with van der Waals surface area (Å²) in [6, 6.07) is 5.05. The summed E-state index contributed by atoms with van der Waals surface area (Å²) >= 11 is 0. The van der Waals surface area contributed by atoms with Crippen molar-refractivity contribution in [2.45, 2.75) is 39.2 Å². The molecule has 5 amide bonds. The summed E-state index contributed by atoms with van der Waals surface area (Å²) in [6.45, 7) is 5.02. The summed E-state index contributed by atoms with van der Waals surface area (Å²) < 4.78 is 0. The zero-order valence-electron chi connectivity index (χ0n) is 16.7. The van der Waals surface area contributed by atoms with Crippen molar-refractivity contribution in [3.05, 3.63) is 29.3 Å². The van der Waals surface area contributed by atoms with Gasteiger partial charge in [-0.2, -0.15) is 0 Å². The molecule has 0 radical (unpaired) electrons. The lowest BCUT2D eigenvalue weighted by atomic mass is 9.96. The summed E-state index contributed by atoms with van der Waals surface area (Å²) in [6.07, 6.45) is 1.78. The first-order valence-electron chi connectivity index (χ1n) is 9.37. The van der Waals surface area contributed by atoms with Crippen LogP contribution in [0.1, 0.15) is 30.9 Å². The van der Waals surface area contributed by atoms with Crippen molar-refractivity contribution in [1.29, 1.82) is 0 Å². The van der Waals surface area contributed by atoms with Crippen molar-refractivity contribution in [1.82, 2.24) is 15.1 Å². The van der Waals surface area contributed by atoms with E-state index in [0.717, 1.165) is 28.9 Å². The quantitative estimate of drug-likeness (QED) is 0.723. The number of benzene rings is 1. The van der Waals surface area contributed by atoms with Gasteiger partial charge in [-0.25, -0.2) is 4.79 Å². The number of amides is 5. The second-order valence-corrected chi connectivity index (χ2v) is 7.84. The molecule has 2 N–H and O–H groups in total. The van der Waals surface area contributed by atoms with Crippen molar-refractivity contribution in [3.8, 4) is 0 Å². The molecular formula is C20H26N4O4. The molecule has 1 aromatic rings. The van der Waals surface area contributed by atoms with Crippen LogP contribution in [0.15, 0.2) is 18.2 Å². The summed E-state index contributed by atoms with van der Waals surface area (Å²) in [5.74, 6) is -1.06. The molecule has 1 aliphatic carbocycles. The summed E-state index contributed by atoms with van der Waals surface area (Å²) in [4.78, 5) is 51.7. The minimum absolute atomic E-state index is 0.130. The molecule has 8 heteroatoms. The van der Waals surface area contributed by atoms with Crippen molar-refractivity contribution >= 4 is 29.4 Å². The highest BCUT2D eigenvalue weighted by atomic mass is 16.2. The number of imide groups is 1. The standard InChI is InChI=1S/C20H26N4O4/c1-12-6-5-7-15(13(12)2)21-16(25)10-23(4)17(26)11-24-18(27)20(3,14-8-9-14)22-19(24)28/h5-7,14H,8-11H2,1-4H3,(H,21,25)(H,22,28). The van der Waals surface area contributed by atoms with E-state index in [1.54, 1.807) is 13.0 Å². The number of likely N-dealkylation sites (N-methyl/N-ethyl adjacent to an activating group) is 1. The van der Waals surface area contributed by atoms with Crippen molar-refractivity contribution in [2.75, 3.05) is 25.5 Å². The van der Waals surface area contributed by atoms with Crippen LogP contribution >= 0.6 is 0 Å². The van der Waals surface area contributed by atoms with Gasteiger partial charge in [-0.15, -0.1) is 0 Å². The number of aryl methyl sites for hydroxylation is 1. The molecule has 1 heterocycles. The van der Waals surface area contributed by atoms with E-state index in [1.165, 1.54) is 11.9 Å². The molecule has 1 unspecified atom stereocenters. The number of nitrogens with zero attached hydrogens (tertiary/aromatic N) is 2. The Morgan fingerprint density at radius 2 is 1.96 bits per heavy atom. The van der Waals surface area contributed by atoms with Crippen LogP contribution in [-0.2, 0) is 14.4 Å². The number of urea groups is 1. The van der Waals surface area contributed by atoms with Gasteiger partial charge in [0.25, 0.3) is 5.91 Å². The van der Waals surface area contributed by atoms with Crippen LogP contribution in [0.4, 0.5) is 10.5 Å². The van der Waals surface area contributed by atoms with Gasteiger partial charge in [-0.3, -0.25) is 19.3 Å². The maximum absolute atomic E-state index is 12.6. The molecule has 1 saturated carbocycles. The van der Waals surface area contributed by atoms with E-state index in [9.17, 15) is 19.2 Å². The third-order valence-electron chi connectivity index (χ3n) is 5.67. The first-order chi connectivity index (χ1) is 13.1. The average Bonchev–Trinajstić information content (AvgIpc) is 3.45. The zero-order chi connectivity index (χ0) is 20.6. The van der Waals surface area contributed by atoms with Gasteiger partial charge in [0.2, 0.25) is 11.8 Å². The van der Waals surface area contributed by atoms with Gasteiger partial charge < -0.3 is 15.5 Å². The third-order valence-corrected chi connectivity index (χ3v) is 5.67. The van der Waals surface area contributed by atoms with Crippen LogP contribution in [0.25, 0.3) is 0 Å². The van der Waals surface area contributed by atoms with Crippen LogP contribution < -0.4 is 10.6 Å². The summed E-state index contributed by atoms with van der Waals surface area (Å²) in [5.41, 5.74) is 1.79. The Kier molecular flexibility index (Phi) is 5.14. The topological polar surface area (TPSA) is 98.8 Å². The van der Waals surface area contributed by atoms with E-state index in [0.29, 0.717) is 5.69 Å². The monoisotopic (exact) mass is 386 g/mol. The molecule has 2 fully saturated rings. The number of rotatable bonds is 6. The normalized spacial score (nSPS) is 21.5. The molecule has 0 bridgehead atoms. The lowest BCUT2D eigenvalue weighted by molar-refractivity contribution is -0.139. The minimum atomic E-state index is -0.921. The van der Waals surface area contributed by atoms with Gasteiger partial charge in [0.05, 0.1) is 6.54 Å². The SMILES string of the molecule is Cc1cccc(NC(=O)CN(C)C(=O)CN2C(=O)NC(C)(C3CC3)C2=O)c1C. The Balaban J connectivity index is 1.57. The molecule has 1 aliphatic heterocycles. The highest BCUT2D eigenvalue weighted by Gasteiger charge is 2.56. The number of carbonyl (C=O) groups is 4. The van der Waals surface area contributed by atoms with E-state index in [-0.39, 0.29) is 30.8 Å². The second kappa shape index (κ2) is 7.26. The lowest BCUT2D eigenvalue weighted by Gasteiger charge is -2.22. The number of hydrogen-bond acceptors (Lipinski definition) is 4. The maximum atomic E-state index is 12.6. The van der Waals surface area contributed by atoms with E-state index in [2.05, 4.69) is 10.6 Å². The van der Waals surface area contributed by atoms with Crippen molar-refractivity contribution < 1.29 is 19.2 Å². The number of anilines is 1. The van der Waals surface area contributed by atoms with Gasteiger partial charge in [0.1, 0.15) is 12.1 Å². The molecule has 0 aromatic heterocycles. The summed E-state index contributed by atoms with van der Waals surface area (Å²) in [7, 11) is 1.48. The minimum Gasteiger partial charge on any atom is -0.335 e. The molecule has 28 heavy (non-hydrogen) atoms. The van der Waals surface area contributed by atoms with Crippen LogP contribution in [0.3, 0.4) is 0 Å². The first-order valence-corrected chi connectivity index (χ1v) is 9.37. The largest absolute Gasteiger partial charge is 0.335 e. The van der Waals surface area contributed by atoms with Gasteiger partial charge in [0, 0.05) is 12.7 Å². The molecule has 2 aliphatic rings. The zero-order valence-corrected chi connectivity index (χ0v) is 16.7. The van der Waals surface area contributed by atoms with Crippen LogP contribution in [0, 0.1) is 19.8 Å². The number of carbonyl (C=O) groups excluding carboxylic acids is 4. The van der Waals surface area contributed by atoms with E-state index in [1.807, 2.05) is 26.0 Å². The van der Waals surface area contributed by atoms with Crippen molar-refractivity contribution in [3.63, 3.8) is 0 Å². The van der Waals surface area contributed by atoms with Gasteiger partial charge in [-0.1, -0.05) is 12.1 Å². The Labute approximate surface area is 164 Å². The molecule has 8 nitrogen and oxygen atoms in total. The number of nitrogens with one attached hydrogen (secondary N) is 2. The smallest absolute Gasteiger partial charge is 0.325 e. The van der Waals surface area contributed by atoms with Crippen molar-refractivity contribution in [2.24, 2.45) is 5.92 Å². The van der Waals surface area contributed by atoms with E-state index >= 15 is 0 Å². The van der Waals surface area contributed by atoms with E-state index in [4.69, 9.17) is 0 Å². The Morgan fingerprint density at radius 3 is 2.61 bits per heavy atom. The molecule has 1 saturated heterocycles. The van der Waals surface area contributed by atoms with E-state index < -0.39 is 17.5 Å². The van der Waals surface area contributed by atoms with Gasteiger partial charge >= 0.3 is 6.03 Å². The first kappa shape index (κ1) is 19.9. The fourth-order valence-electron chi connectivity index (χ4n) is 3.43. The molecule has 3 rings (SSSR count). The van der Waals surface area contributed by atoms with Crippen LogP contribution in [-0.4, -0.2) is 59.2 Å². The highest BCUT2D eigenvalue weighted by Crippen LogP contribution is 2.42. The second-order valence-electron chi connectivity index (χ2n) is 7.84.